The maximum absolute atomic E-state index is 14.1. The van der Waals surface area contributed by atoms with Gasteiger partial charge in [-0.05, 0) is 43.0 Å². The number of ether oxygens (including phenoxy) is 1. The lowest BCUT2D eigenvalue weighted by atomic mass is 9.73. The molecule has 0 bridgehead atoms. The normalized spacial score (nSPS) is 15.0. The molecule has 0 heterocycles. The maximum atomic E-state index is 14.1. The smallest absolute Gasteiger partial charge is 0.411 e. The molecule has 0 fully saturated rings. The number of hydrogen-bond donors (Lipinski definition) is 1. The van der Waals surface area contributed by atoms with Crippen molar-refractivity contribution in [3.8, 4) is 5.75 Å². The zero-order valence-electron chi connectivity index (χ0n) is 19.6. The first-order valence-electron chi connectivity index (χ1n) is 11.0. The molecule has 0 spiro atoms. The third-order valence-electron chi connectivity index (χ3n) is 5.34. The summed E-state index contributed by atoms with van der Waals surface area (Å²) >= 11 is 0. The number of aliphatic hydroxyl groups excluding tert-OH is 1. The van der Waals surface area contributed by atoms with Crippen molar-refractivity contribution < 1.29 is 36.2 Å². The van der Waals surface area contributed by atoms with Crippen LogP contribution in [0, 0.1) is 5.92 Å². The lowest BCUT2D eigenvalue weighted by Gasteiger charge is -2.38. The van der Waals surface area contributed by atoms with Gasteiger partial charge in [-0.25, -0.2) is 0 Å². The van der Waals surface area contributed by atoms with E-state index in [9.17, 15) is 31.4 Å². The largest absolute Gasteiger partial charge is 0.489 e. The minimum Gasteiger partial charge on any atom is -0.489 e. The number of aliphatic hydroxyl groups is 1. The summed E-state index contributed by atoms with van der Waals surface area (Å²) in [6, 6.07) is 9.21. The molecule has 2 aromatic rings. The quantitative estimate of drug-likeness (QED) is 0.402. The molecule has 0 aromatic heterocycles. The van der Waals surface area contributed by atoms with Crippen molar-refractivity contribution in [2.45, 2.75) is 57.7 Å². The predicted octanol–water partition coefficient (Wildman–Crippen LogP) is 6.20. The average Bonchev–Trinajstić information content (AvgIpc) is 2.67. The second-order valence-corrected chi connectivity index (χ2v) is 9.03. The van der Waals surface area contributed by atoms with E-state index in [-0.39, 0.29) is 5.75 Å². The molecule has 0 amide bonds. The van der Waals surface area contributed by atoms with E-state index in [0.29, 0.717) is 25.6 Å². The summed E-state index contributed by atoms with van der Waals surface area (Å²) in [6.07, 6.45) is -12.2. The van der Waals surface area contributed by atoms with Gasteiger partial charge < -0.3 is 9.84 Å². The monoisotopic (exact) mass is 491 g/mol. The van der Waals surface area contributed by atoms with Crippen LogP contribution in [0.25, 0.3) is 0 Å². The fourth-order valence-electron chi connectivity index (χ4n) is 4.20. The summed E-state index contributed by atoms with van der Waals surface area (Å²) < 4.78 is 90.5. The Morgan fingerprint density at radius 3 is 1.68 bits per heavy atom. The summed E-state index contributed by atoms with van der Waals surface area (Å²) in [5.74, 6) is 0.491. The first kappa shape index (κ1) is 28.0. The van der Waals surface area contributed by atoms with Gasteiger partial charge in [-0.15, -0.1) is 0 Å². The molecule has 0 aliphatic carbocycles. The minimum absolute atomic E-state index is 0.157. The Kier molecular flexibility index (Phi) is 9.04. The molecule has 2 aromatic carbocycles. The van der Waals surface area contributed by atoms with E-state index in [2.05, 4.69) is 0 Å². The fourth-order valence-corrected chi connectivity index (χ4v) is 4.20. The molecule has 2 atom stereocenters. The van der Waals surface area contributed by atoms with Gasteiger partial charge >= 0.3 is 12.4 Å². The van der Waals surface area contributed by atoms with E-state index in [1.165, 1.54) is 6.07 Å². The SMILES string of the molecule is CC(C)CN(CC(C)O)CC(C)Oc1ccc(C(c2ccccc2)(C(F)(F)F)C(F)(F)F)cc1. The lowest BCUT2D eigenvalue weighted by molar-refractivity contribution is -0.288. The Hall–Kier alpha value is -2.26. The molecule has 2 rings (SSSR count). The van der Waals surface area contributed by atoms with Crippen molar-refractivity contribution >= 4 is 0 Å². The number of hydrogen-bond acceptors (Lipinski definition) is 3. The zero-order chi connectivity index (χ0) is 25.7. The van der Waals surface area contributed by atoms with Crippen LogP contribution >= 0.6 is 0 Å². The van der Waals surface area contributed by atoms with Gasteiger partial charge in [-0.2, -0.15) is 26.3 Å². The van der Waals surface area contributed by atoms with Crippen LogP contribution in [0.3, 0.4) is 0 Å². The Morgan fingerprint density at radius 1 is 0.735 bits per heavy atom. The van der Waals surface area contributed by atoms with Crippen LogP contribution < -0.4 is 4.74 Å². The number of alkyl halides is 6. The number of halogens is 6. The first-order valence-corrected chi connectivity index (χ1v) is 11.0. The summed E-state index contributed by atoms with van der Waals surface area (Å²) in [4.78, 5) is 2.00. The van der Waals surface area contributed by atoms with Gasteiger partial charge in [-0.3, -0.25) is 4.90 Å². The van der Waals surface area contributed by atoms with Gasteiger partial charge in [0.25, 0.3) is 0 Å². The predicted molar refractivity (Wildman–Crippen MR) is 119 cm³/mol. The number of rotatable bonds is 10. The third kappa shape index (κ3) is 6.44. The Balaban J connectivity index is 2.34. The van der Waals surface area contributed by atoms with Gasteiger partial charge in [0.2, 0.25) is 5.41 Å². The molecule has 0 aliphatic rings. The van der Waals surface area contributed by atoms with Crippen LogP contribution in [0.2, 0.25) is 0 Å². The van der Waals surface area contributed by atoms with Gasteiger partial charge in [0, 0.05) is 19.6 Å². The summed E-state index contributed by atoms with van der Waals surface area (Å²) in [5, 5.41) is 9.70. The Morgan fingerprint density at radius 2 is 1.24 bits per heavy atom. The van der Waals surface area contributed by atoms with E-state index in [1.54, 1.807) is 13.8 Å². The van der Waals surface area contributed by atoms with Crippen molar-refractivity contribution in [3.63, 3.8) is 0 Å². The highest BCUT2D eigenvalue weighted by molar-refractivity contribution is 5.45. The topological polar surface area (TPSA) is 32.7 Å². The van der Waals surface area contributed by atoms with Gasteiger partial charge in [0.15, 0.2) is 0 Å². The highest BCUT2D eigenvalue weighted by atomic mass is 19.4. The minimum atomic E-state index is -5.62. The van der Waals surface area contributed by atoms with Crippen LogP contribution in [0.1, 0.15) is 38.8 Å². The molecule has 0 radical (unpaired) electrons. The van der Waals surface area contributed by atoms with Gasteiger partial charge in [0.1, 0.15) is 11.9 Å². The fraction of sp³-hybridized carbons (Fsp3) is 0.520. The van der Waals surface area contributed by atoms with Crippen molar-refractivity contribution in [1.82, 2.24) is 4.90 Å². The molecular formula is C25H31F6NO2. The number of nitrogens with zero attached hydrogens (tertiary/aromatic N) is 1. The molecule has 9 heteroatoms. The molecule has 0 aliphatic heterocycles. The van der Waals surface area contributed by atoms with E-state index >= 15 is 0 Å². The third-order valence-corrected chi connectivity index (χ3v) is 5.34. The van der Waals surface area contributed by atoms with Gasteiger partial charge in [-0.1, -0.05) is 56.3 Å². The van der Waals surface area contributed by atoms with Crippen LogP contribution in [0.5, 0.6) is 5.75 Å². The molecule has 0 saturated carbocycles. The van der Waals surface area contributed by atoms with E-state index in [0.717, 1.165) is 48.5 Å². The molecule has 34 heavy (non-hydrogen) atoms. The van der Waals surface area contributed by atoms with Crippen LogP contribution in [0.4, 0.5) is 26.3 Å². The average molecular weight is 492 g/mol. The molecular weight excluding hydrogens is 460 g/mol. The second kappa shape index (κ2) is 11.0. The highest BCUT2D eigenvalue weighted by Gasteiger charge is 2.72. The standard InChI is InChI=1S/C25H31F6NO2/c1-17(2)14-32(15-18(3)33)16-19(4)34-22-12-10-21(11-13-22)23(24(26,27)28,25(29,30)31)20-8-6-5-7-9-20/h5-13,17-19,33H,14-16H2,1-4H3. The van der Waals surface area contributed by atoms with E-state index in [4.69, 9.17) is 4.74 Å². The Labute approximate surface area is 196 Å². The summed E-state index contributed by atoms with van der Waals surface area (Å²) in [5.41, 5.74) is -6.01. The lowest BCUT2D eigenvalue weighted by Crippen LogP contribution is -2.54. The molecule has 190 valence electrons. The molecule has 2 unspecified atom stereocenters. The first-order chi connectivity index (χ1) is 15.7. The zero-order valence-corrected chi connectivity index (χ0v) is 19.6. The van der Waals surface area contributed by atoms with Crippen molar-refractivity contribution in [3.05, 3.63) is 65.7 Å². The molecule has 0 saturated heterocycles. The summed E-state index contributed by atoms with van der Waals surface area (Å²) in [7, 11) is 0. The molecule has 3 nitrogen and oxygen atoms in total. The van der Waals surface area contributed by atoms with Crippen LogP contribution in [-0.2, 0) is 5.41 Å². The van der Waals surface area contributed by atoms with Crippen LogP contribution in [0.15, 0.2) is 54.6 Å². The van der Waals surface area contributed by atoms with Crippen molar-refractivity contribution in [2.24, 2.45) is 5.92 Å². The summed E-state index contributed by atoms with van der Waals surface area (Å²) in [6.45, 7) is 9.03. The van der Waals surface area contributed by atoms with Gasteiger partial charge in [0.05, 0.1) is 6.10 Å². The second-order valence-electron chi connectivity index (χ2n) is 9.03. The highest BCUT2D eigenvalue weighted by Crippen LogP contribution is 2.56. The van der Waals surface area contributed by atoms with Crippen molar-refractivity contribution in [2.75, 3.05) is 19.6 Å². The van der Waals surface area contributed by atoms with E-state index < -0.39 is 41.1 Å². The van der Waals surface area contributed by atoms with E-state index in [1.807, 2.05) is 18.7 Å². The maximum Gasteiger partial charge on any atom is 0.411 e. The number of benzene rings is 2. The Bertz CT molecular complexity index is 855. The molecule has 1 N–H and O–H groups in total. The van der Waals surface area contributed by atoms with Crippen LogP contribution in [-0.4, -0.2) is 54.2 Å². The van der Waals surface area contributed by atoms with Crippen molar-refractivity contribution in [1.29, 1.82) is 0 Å².